The van der Waals surface area contributed by atoms with Gasteiger partial charge in [0.15, 0.2) is 12.3 Å². The van der Waals surface area contributed by atoms with Gasteiger partial charge in [0.1, 0.15) is 18.3 Å². The van der Waals surface area contributed by atoms with E-state index in [1.54, 1.807) is 24.3 Å². The Morgan fingerprint density at radius 3 is 2.36 bits per heavy atom. The highest BCUT2D eigenvalue weighted by atomic mass is 16.6. The first kappa shape index (κ1) is 18.4. The van der Waals surface area contributed by atoms with Gasteiger partial charge in [-0.3, -0.25) is 0 Å². The summed E-state index contributed by atoms with van der Waals surface area (Å²) in [6, 6.07) is 12.7. The number of hydrogen-bond acceptors (Lipinski definition) is 8. The monoisotopic (exact) mass is 385 g/mol. The van der Waals surface area contributed by atoms with Crippen molar-refractivity contribution in [2.45, 2.75) is 30.6 Å². The van der Waals surface area contributed by atoms with E-state index in [2.05, 4.69) is 10.3 Å². The van der Waals surface area contributed by atoms with Gasteiger partial charge < -0.3 is 36.2 Å². The van der Waals surface area contributed by atoms with Crippen LogP contribution in [-0.4, -0.2) is 62.0 Å². The lowest BCUT2D eigenvalue weighted by Crippen LogP contribution is -2.61. The lowest BCUT2D eigenvalue weighted by Gasteiger charge is -2.39. The van der Waals surface area contributed by atoms with Crippen LogP contribution in [0.25, 0.3) is 21.8 Å². The predicted molar refractivity (Wildman–Crippen MR) is 102 cm³/mol. The zero-order chi connectivity index (χ0) is 20.0. The third-order valence-corrected chi connectivity index (χ3v) is 4.80. The number of aliphatic hydroxyl groups excluding tert-OH is 3. The molecule has 9 heteroatoms. The fraction of sp³-hybridized carbons (Fsp3) is 0.263. The summed E-state index contributed by atoms with van der Waals surface area (Å²) in [6.45, 7) is 0. The van der Waals surface area contributed by atoms with Gasteiger partial charge >= 0.3 is 5.97 Å². The van der Waals surface area contributed by atoms with Crippen molar-refractivity contribution in [3.63, 3.8) is 0 Å². The average molecular weight is 385 g/mol. The Labute approximate surface area is 159 Å². The number of hydrogen-bond donors (Lipinski definition) is 6. The number of pyridine rings is 1. The summed E-state index contributed by atoms with van der Waals surface area (Å²) >= 11 is 0. The van der Waals surface area contributed by atoms with Gasteiger partial charge in [0, 0.05) is 22.1 Å². The minimum atomic E-state index is -1.74. The number of nitrogen functional groups attached to an aromatic ring is 1. The molecule has 2 aromatic carbocycles. The van der Waals surface area contributed by atoms with Crippen molar-refractivity contribution >= 4 is 39.1 Å². The minimum Gasteiger partial charge on any atom is -0.479 e. The van der Waals surface area contributed by atoms with Gasteiger partial charge in [-0.25, -0.2) is 9.78 Å². The maximum atomic E-state index is 11.2. The van der Waals surface area contributed by atoms with Crippen molar-refractivity contribution in [2.24, 2.45) is 0 Å². The first-order valence-electron chi connectivity index (χ1n) is 8.62. The largest absolute Gasteiger partial charge is 0.479 e. The van der Waals surface area contributed by atoms with Gasteiger partial charge in [-0.15, -0.1) is 0 Å². The van der Waals surface area contributed by atoms with Crippen molar-refractivity contribution < 1.29 is 30.0 Å². The van der Waals surface area contributed by atoms with Crippen molar-refractivity contribution in [1.82, 2.24) is 4.98 Å². The molecule has 146 valence electrons. The molecule has 3 aromatic rings. The first-order chi connectivity index (χ1) is 13.3. The van der Waals surface area contributed by atoms with E-state index in [-0.39, 0.29) is 0 Å². The van der Waals surface area contributed by atoms with Gasteiger partial charge in [-0.2, -0.15) is 0 Å². The molecule has 1 aliphatic heterocycles. The van der Waals surface area contributed by atoms with Crippen molar-refractivity contribution in [3.05, 3.63) is 42.5 Å². The predicted octanol–water partition coefficient (Wildman–Crippen LogP) is 0.274. The van der Waals surface area contributed by atoms with E-state index in [0.717, 1.165) is 16.3 Å². The molecule has 0 spiro atoms. The Hall–Kier alpha value is -2.98. The number of aliphatic hydroxyl groups is 3. The molecule has 7 N–H and O–H groups in total. The van der Waals surface area contributed by atoms with E-state index in [1.165, 1.54) is 0 Å². The van der Waals surface area contributed by atoms with Crippen LogP contribution < -0.4 is 11.1 Å². The third-order valence-electron chi connectivity index (χ3n) is 4.80. The summed E-state index contributed by atoms with van der Waals surface area (Å²) in [4.78, 5) is 15.8. The highest BCUT2D eigenvalue weighted by Crippen LogP contribution is 2.27. The quantitative estimate of drug-likeness (QED) is 0.275. The fourth-order valence-electron chi connectivity index (χ4n) is 3.30. The lowest BCUT2D eigenvalue weighted by molar-refractivity contribution is -0.221. The molecule has 1 aromatic heterocycles. The van der Waals surface area contributed by atoms with Crippen molar-refractivity contribution in [2.75, 3.05) is 11.1 Å². The maximum Gasteiger partial charge on any atom is 0.335 e. The lowest BCUT2D eigenvalue weighted by atomic mass is 9.98. The third kappa shape index (κ3) is 3.20. The van der Waals surface area contributed by atoms with E-state index in [0.29, 0.717) is 16.9 Å². The number of carbonyl (C=O) groups is 1. The fourth-order valence-corrected chi connectivity index (χ4v) is 3.30. The normalized spacial score (nSPS) is 27.8. The first-order valence-corrected chi connectivity index (χ1v) is 8.62. The summed E-state index contributed by atoms with van der Waals surface area (Å²) in [5.41, 5.74) is 8.29. The second kappa shape index (κ2) is 6.88. The van der Waals surface area contributed by atoms with Crippen LogP contribution in [0.1, 0.15) is 0 Å². The molecule has 2 heterocycles. The van der Waals surface area contributed by atoms with Gasteiger partial charge in [-0.05, 0) is 30.3 Å². The van der Waals surface area contributed by atoms with E-state index in [1.807, 2.05) is 18.2 Å². The van der Waals surface area contributed by atoms with Gasteiger partial charge in [0.05, 0.1) is 11.0 Å². The van der Waals surface area contributed by atoms with Crippen molar-refractivity contribution in [1.29, 1.82) is 0 Å². The standard InChI is InChI=1S/C19H19N3O6/c20-10-3-1-8-5-9-2-4-11(7-13(9)22-12(8)6-10)21-18-16(25)14(23)15(24)17(28-18)19(26)27/h1-7,14-18,21,23-25H,20H2,(H,26,27)/t14-,15-,16+,17-,18+/m0/s1. The highest BCUT2D eigenvalue weighted by Gasteiger charge is 2.46. The van der Waals surface area contributed by atoms with Gasteiger partial charge in [0.2, 0.25) is 0 Å². The molecule has 4 rings (SSSR count). The maximum absolute atomic E-state index is 11.2. The molecular weight excluding hydrogens is 366 g/mol. The number of ether oxygens (including phenoxy) is 1. The van der Waals surface area contributed by atoms with Crippen molar-refractivity contribution in [3.8, 4) is 0 Å². The topological polar surface area (TPSA) is 158 Å². The molecule has 0 aliphatic carbocycles. The second-order valence-corrected chi connectivity index (χ2v) is 6.78. The van der Waals surface area contributed by atoms with Crippen LogP contribution in [0.15, 0.2) is 42.5 Å². The van der Waals surface area contributed by atoms with Crippen LogP contribution in [0.3, 0.4) is 0 Å². The Bertz CT molecular complexity index is 1060. The number of carboxylic acid groups (broad SMARTS) is 1. The molecule has 0 saturated carbocycles. The zero-order valence-corrected chi connectivity index (χ0v) is 14.6. The molecule has 0 bridgehead atoms. The zero-order valence-electron chi connectivity index (χ0n) is 14.6. The SMILES string of the molecule is Nc1ccc2cc3ccc(N[C@@H]4O[C@H](C(=O)O)[C@@H](O)[C@H](O)[C@H]4O)cc3nc2c1. The molecular formula is C19H19N3O6. The molecule has 9 nitrogen and oxygen atoms in total. The Morgan fingerprint density at radius 1 is 0.964 bits per heavy atom. The van der Waals surface area contributed by atoms with Gasteiger partial charge in [0.25, 0.3) is 0 Å². The number of fused-ring (bicyclic) bond motifs is 2. The Balaban J connectivity index is 1.65. The molecule has 1 fully saturated rings. The number of anilines is 2. The number of nitrogens with zero attached hydrogens (tertiary/aromatic N) is 1. The van der Waals surface area contributed by atoms with Crippen LogP contribution in [0.5, 0.6) is 0 Å². The average Bonchev–Trinajstić information content (AvgIpc) is 2.66. The van der Waals surface area contributed by atoms with E-state index >= 15 is 0 Å². The van der Waals surface area contributed by atoms with Crippen LogP contribution in [0, 0.1) is 0 Å². The van der Waals surface area contributed by atoms with Gasteiger partial charge in [-0.1, -0.05) is 12.1 Å². The number of rotatable bonds is 3. The van der Waals surface area contributed by atoms with Crippen LogP contribution >= 0.6 is 0 Å². The minimum absolute atomic E-state index is 0.500. The Kier molecular flexibility index (Phi) is 4.52. The molecule has 0 radical (unpaired) electrons. The highest BCUT2D eigenvalue weighted by molar-refractivity contribution is 5.95. The summed E-state index contributed by atoms with van der Waals surface area (Å²) in [7, 11) is 0. The number of nitrogens with two attached hydrogens (primary N) is 1. The number of aromatic nitrogens is 1. The van der Waals surface area contributed by atoms with Crippen LogP contribution in [-0.2, 0) is 9.53 Å². The molecule has 1 saturated heterocycles. The molecule has 0 amide bonds. The van der Waals surface area contributed by atoms with E-state index in [4.69, 9.17) is 15.6 Å². The number of nitrogens with one attached hydrogen (secondary N) is 1. The summed E-state index contributed by atoms with van der Waals surface area (Å²) in [6.07, 6.45) is -7.82. The molecule has 1 aliphatic rings. The number of benzene rings is 2. The van der Waals surface area contributed by atoms with E-state index < -0.39 is 36.6 Å². The molecule has 5 atom stereocenters. The molecule has 0 unspecified atom stereocenters. The van der Waals surface area contributed by atoms with Crippen LogP contribution in [0.4, 0.5) is 11.4 Å². The smallest absolute Gasteiger partial charge is 0.335 e. The second-order valence-electron chi connectivity index (χ2n) is 6.78. The summed E-state index contributed by atoms with van der Waals surface area (Å²) < 4.78 is 5.24. The van der Waals surface area contributed by atoms with Crippen LogP contribution in [0.2, 0.25) is 0 Å². The Morgan fingerprint density at radius 2 is 1.64 bits per heavy atom. The van der Waals surface area contributed by atoms with E-state index in [9.17, 15) is 20.1 Å². The molecule has 28 heavy (non-hydrogen) atoms. The number of aliphatic carboxylic acids is 1. The number of carboxylic acids is 1. The summed E-state index contributed by atoms with van der Waals surface area (Å²) in [5.74, 6) is -1.44. The summed E-state index contributed by atoms with van der Waals surface area (Å²) in [5, 5.41) is 43.6.